The van der Waals surface area contributed by atoms with Crippen LogP contribution in [0.2, 0.25) is 0 Å². The van der Waals surface area contributed by atoms with Gasteiger partial charge in [0.15, 0.2) is 0 Å². The van der Waals surface area contributed by atoms with Gasteiger partial charge in [-0.25, -0.2) is 4.79 Å². The van der Waals surface area contributed by atoms with Crippen molar-refractivity contribution in [2.24, 2.45) is 0 Å². The van der Waals surface area contributed by atoms with Gasteiger partial charge in [-0.15, -0.1) is 0 Å². The van der Waals surface area contributed by atoms with Gasteiger partial charge in [-0.3, -0.25) is 4.90 Å². The van der Waals surface area contributed by atoms with Gasteiger partial charge < -0.3 is 19.2 Å². The highest BCUT2D eigenvalue weighted by Crippen LogP contribution is 2.14. The molecule has 1 aliphatic rings. The fourth-order valence-electron chi connectivity index (χ4n) is 2.25. The maximum Gasteiger partial charge on any atom is 0.341 e. The molecule has 1 atom stereocenters. The number of likely N-dealkylation sites (N-methyl/N-ethyl adjacent to an activating group) is 1. The second-order valence-electron chi connectivity index (χ2n) is 4.87. The van der Waals surface area contributed by atoms with Crippen LogP contribution in [-0.4, -0.2) is 56.9 Å². The molecular formula is C14H22N2O4. The molecule has 1 aromatic rings. The van der Waals surface area contributed by atoms with E-state index in [-0.39, 0.29) is 12.1 Å². The maximum atomic E-state index is 11.8. The third kappa shape index (κ3) is 4.06. The zero-order valence-corrected chi connectivity index (χ0v) is 12.1. The molecule has 0 radical (unpaired) electrons. The molecule has 1 aromatic heterocycles. The third-order valence-electron chi connectivity index (χ3n) is 3.17. The smallest absolute Gasteiger partial charge is 0.341 e. The van der Waals surface area contributed by atoms with Gasteiger partial charge >= 0.3 is 5.97 Å². The summed E-state index contributed by atoms with van der Waals surface area (Å²) in [4.78, 5) is 13.8. The number of morpholine rings is 1. The number of rotatable bonds is 6. The lowest BCUT2D eigenvalue weighted by Crippen LogP contribution is -2.44. The highest BCUT2D eigenvalue weighted by atomic mass is 16.5. The molecule has 0 bridgehead atoms. The van der Waals surface area contributed by atoms with Gasteiger partial charge in [-0.2, -0.15) is 0 Å². The van der Waals surface area contributed by atoms with Gasteiger partial charge in [-0.05, 0) is 20.0 Å². The van der Waals surface area contributed by atoms with E-state index in [9.17, 15) is 4.79 Å². The predicted molar refractivity (Wildman–Crippen MR) is 73.6 cm³/mol. The van der Waals surface area contributed by atoms with E-state index in [1.807, 2.05) is 7.05 Å². The summed E-state index contributed by atoms with van der Waals surface area (Å²) >= 11 is 0. The topological polar surface area (TPSA) is 63.9 Å². The Kier molecular flexibility index (Phi) is 5.58. The van der Waals surface area contributed by atoms with Crippen LogP contribution >= 0.6 is 0 Å². The molecule has 1 aliphatic heterocycles. The molecule has 20 heavy (non-hydrogen) atoms. The minimum Gasteiger partial charge on any atom is -0.467 e. The molecule has 1 unspecified atom stereocenters. The Morgan fingerprint density at radius 1 is 1.60 bits per heavy atom. The van der Waals surface area contributed by atoms with E-state index in [1.165, 1.54) is 6.26 Å². The van der Waals surface area contributed by atoms with Crippen molar-refractivity contribution in [1.82, 2.24) is 10.2 Å². The number of esters is 1. The van der Waals surface area contributed by atoms with Crippen LogP contribution in [0.25, 0.3) is 0 Å². The number of carbonyl (C=O) groups is 1. The number of carbonyl (C=O) groups excluding carboxylic acids is 1. The quantitative estimate of drug-likeness (QED) is 0.781. The van der Waals surface area contributed by atoms with Crippen LogP contribution in [0.1, 0.15) is 23.0 Å². The normalized spacial score (nSPS) is 19.2. The van der Waals surface area contributed by atoms with Gasteiger partial charge in [0.2, 0.25) is 0 Å². The maximum absolute atomic E-state index is 11.8. The number of ether oxygens (including phenoxy) is 2. The largest absolute Gasteiger partial charge is 0.467 e. The van der Waals surface area contributed by atoms with Crippen molar-refractivity contribution >= 4 is 5.97 Å². The summed E-state index contributed by atoms with van der Waals surface area (Å²) in [5.41, 5.74) is 0.501. The summed E-state index contributed by atoms with van der Waals surface area (Å²) < 4.78 is 16.1. The summed E-state index contributed by atoms with van der Waals surface area (Å²) in [5, 5.41) is 3.30. The molecule has 1 fully saturated rings. The molecule has 0 saturated carbocycles. The van der Waals surface area contributed by atoms with E-state index in [1.54, 1.807) is 13.0 Å². The molecular weight excluding hydrogens is 260 g/mol. The van der Waals surface area contributed by atoms with Crippen molar-refractivity contribution in [1.29, 1.82) is 0 Å². The number of hydrogen-bond acceptors (Lipinski definition) is 6. The van der Waals surface area contributed by atoms with E-state index < -0.39 is 0 Å². The van der Waals surface area contributed by atoms with Gasteiger partial charge in [0.25, 0.3) is 0 Å². The Morgan fingerprint density at radius 2 is 2.45 bits per heavy atom. The molecule has 6 heteroatoms. The van der Waals surface area contributed by atoms with Crippen LogP contribution < -0.4 is 5.32 Å². The fraction of sp³-hybridized carbons (Fsp3) is 0.643. The highest BCUT2D eigenvalue weighted by Gasteiger charge is 2.20. The van der Waals surface area contributed by atoms with Crippen molar-refractivity contribution in [2.75, 3.05) is 39.9 Å². The van der Waals surface area contributed by atoms with Crippen molar-refractivity contribution in [3.05, 3.63) is 23.7 Å². The van der Waals surface area contributed by atoms with E-state index in [2.05, 4.69) is 10.2 Å². The summed E-state index contributed by atoms with van der Waals surface area (Å²) in [7, 11) is 1.98. The average molecular weight is 282 g/mol. The minimum absolute atomic E-state index is 0.176. The lowest BCUT2D eigenvalue weighted by Gasteiger charge is -2.27. The Balaban J connectivity index is 1.88. The average Bonchev–Trinajstić information content (AvgIpc) is 2.88. The van der Waals surface area contributed by atoms with Crippen molar-refractivity contribution in [2.45, 2.75) is 19.6 Å². The van der Waals surface area contributed by atoms with Crippen LogP contribution in [0.15, 0.2) is 16.7 Å². The first kappa shape index (κ1) is 15.0. The fourth-order valence-corrected chi connectivity index (χ4v) is 2.25. The van der Waals surface area contributed by atoms with Crippen LogP contribution in [0, 0.1) is 0 Å². The summed E-state index contributed by atoms with van der Waals surface area (Å²) in [6.45, 7) is 6.00. The number of furan rings is 1. The van der Waals surface area contributed by atoms with Crippen LogP contribution in [0.3, 0.4) is 0 Å². The number of nitrogens with one attached hydrogen (secondary N) is 1. The third-order valence-corrected chi connectivity index (χ3v) is 3.17. The minimum atomic E-state index is -0.333. The van der Waals surface area contributed by atoms with Crippen LogP contribution in [-0.2, 0) is 16.0 Å². The van der Waals surface area contributed by atoms with E-state index in [0.29, 0.717) is 24.5 Å². The monoisotopic (exact) mass is 282 g/mol. The molecule has 6 nitrogen and oxygen atoms in total. The summed E-state index contributed by atoms with van der Waals surface area (Å²) in [5.74, 6) is 0.301. The second kappa shape index (κ2) is 7.42. The molecule has 0 amide bonds. The van der Waals surface area contributed by atoms with E-state index >= 15 is 0 Å². The van der Waals surface area contributed by atoms with Crippen molar-refractivity contribution in [3.63, 3.8) is 0 Å². The lowest BCUT2D eigenvalue weighted by molar-refractivity contribution is 0.00788. The van der Waals surface area contributed by atoms with Gasteiger partial charge in [0.1, 0.15) is 11.3 Å². The van der Waals surface area contributed by atoms with Crippen molar-refractivity contribution in [3.8, 4) is 0 Å². The molecule has 0 aromatic carbocycles. The van der Waals surface area contributed by atoms with Gasteiger partial charge in [0.05, 0.1) is 32.1 Å². The molecule has 2 heterocycles. The Labute approximate surface area is 119 Å². The molecule has 0 spiro atoms. The molecule has 1 saturated heterocycles. The Hall–Kier alpha value is -1.37. The van der Waals surface area contributed by atoms with E-state index in [4.69, 9.17) is 13.9 Å². The molecule has 2 rings (SSSR count). The molecule has 0 aliphatic carbocycles. The zero-order valence-electron chi connectivity index (χ0n) is 12.1. The number of nitrogens with zero attached hydrogens (tertiary/aromatic N) is 1. The van der Waals surface area contributed by atoms with E-state index in [0.717, 1.165) is 26.2 Å². The molecule has 112 valence electrons. The Bertz CT molecular complexity index is 427. The molecule has 1 N–H and O–H groups in total. The number of hydrogen-bond donors (Lipinski definition) is 1. The first-order chi connectivity index (χ1) is 9.70. The lowest BCUT2D eigenvalue weighted by atomic mass is 10.2. The van der Waals surface area contributed by atoms with Gasteiger partial charge in [-0.1, -0.05) is 0 Å². The highest BCUT2D eigenvalue weighted by molar-refractivity contribution is 5.90. The van der Waals surface area contributed by atoms with Gasteiger partial charge in [0, 0.05) is 19.6 Å². The van der Waals surface area contributed by atoms with Crippen molar-refractivity contribution < 1.29 is 18.7 Å². The summed E-state index contributed by atoms with van der Waals surface area (Å²) in [6.07, 6.45) is 1.70. The standard InChI is InChI=1S/C14H22N2O4/c1-3-18-14(17)12-4-6-20-13(12)10-16(2)9-11-8-15-5-7-19-11/h4,6,11,15H,3,5,7-10H2,1-2H3. The first-order valence-electron chi connectivity index (χ1n) is 6.95. The Morgan fingerprint density at radius 3 is 3.15 bits per heavy atom. The zero-order chi connectivity index (χ0) is 14.4. The SMILES string of the molecule is CCOC(=O)c1ccoc1CN(C)CC1CNCCO1. The first-order valence-corrected chi connectivity index (χ1v) is 6.95. The van der Waals surface area contributed by atoms with Crippen LogP contribution in [0.5, 0.6) is 0 Å². The second-order valence-corrected chi connectivity index (χ2v) is 4.87. The van der Waals surface area contributed by atoms with Crippen LogP contribution in [0.4, 0.5) is 0 Å². The summed E-state index contributed by atoms with van der Waals surface area (Å²) in [6, 6.07) is 1.65. The predicted octanol–water partition coefficient (Wildman–Crippen LogP) is 0.876.